The Balaban J connectivity index is 2.52. The third kappa shape index (κ3) is 1.82. The summed E-state index contributed by atoms with van der Waals surface area (Å²) in [5.41, 5.74) is -0.699. The van der Waals surface area contributed by atoms with Gasteiger partial charge in [0.25, 0.3) is 0 Å². The number of hydrogen-bond donors (Lipinski definition) is 0. The number of amides is 1. The zero-order valence-electron chi connectivity index (χ0n) is 9.57. The molecule has 1 aromatic rings. The minimum atomic E-state index is -0.714. The Labute approximate surface area is 103 Å². The highest BCUT2D eigenvalue weighted by molar-refractivity contribution is 6.28. The molecule has 1 fully saturated rings. The molecule has 92 valence electrons. The van der Waals surface area contributed by atoms with Crippen LogP contribution in [0.25, 0.3) is 0 Å². The molecular formula is C10H11ClFN3O2. The fourth-order valence-corrected chi connectivity index (χ4v) is 1.75. The minimum absolute atomic E-state index is 0.121. The molecule has 1 amide bonds. The molecule has 0 aromatic carbocycles. The van der Waals surface area contributed by atoms with Gasteiger partial charge in [-0.15, -0.1) is 0 Å². The van der Waals surface area contributed by atoms with Crippen molar-refractivity contribution in [2.45, 2.75) is 32.4 Å². The molecule has 0 unspecified atom stereocenters. The highest BCUT2D eigenvalue weighted by Crippen LogP contribution is 2.35. The van der Waals surface area contributed by atoms with E-state index < -0.39 is 17.4 Å². The summed E-state index contributed by atoms with van der Waals surface area (Å²) in [7, 11) is 0. The van der Waals surface area contributed by atoms with Crippen LogP contribution in [-0.4, -0.2) is 27.7 Å². The first-order valence-electron chi connectivity index (χ1n) is 5.03. The SMILES string of the molecule is C[C@@H]1OC(=O)N(c2nc(Cl)ncc2F)C1(C)C. The van der Waals surface area contributed by atoms with Crippen LogP contribution in [0, 0.1) is 5.82 Å². The molecule has 2 rings (SSSR count). The quantitative estimate of drug-likeness (QED) is 0.727. The Morgan fingerprint density at radius 2 is 2.24 bits per heavy atom. The predicted octanol–water partition coefficient (Wildman–Crippen LogP) is 2.39. The van der Waals surface area contributed by atoms with Crippen molar-refractivity contribution in [3.05, 3.63) is 17.3 Å². The van der Waals surface area contributed by atoms with Gasteiger partial charge in [0.2, 0.25) is 5.28 Å². The Hall–Kier alpha value is -1.43. The standard InChI is InChI=1S/C10H11ClFN3O2/c1-5-10(2,3)15(9(16)17-5)7-6(12)4-13-8(11)14-7/h4-5H,1-3H3/t5-/m0/s1. The first kappa shape index (κ1) is 12.0. The summed E-state index contributed by atoms with van der Waals surface area (Å²) in [6.07, 6.45) is -0.0869. The smallest absolute Gasteiger partial charge is 0.416 e. The highest BCUT2D eigenvalue weighted by atomic mass is 35.5. The zero-order valence-corrected chi connectivity index (χ0v) is 10.3. The third-order valence-electron chi connectivity index (χ3n) is 2.94. The molecule has 1 aromatic heterocycles. The summed E-state index contributed by atoms with van der Waals surface area (Å²) >= 11 is 5.60. The van der Waals surface area contributed by atoms with Crippen molar-refractivity contribution in [3.63, 3.8) is 0 Å². The molecule has 0 saturated carbocycles. The number of hydrogen-bond acceptors (Lipinski definition) is 4. The van der Waals surface area contributed by atoms with Gasteiger partial charge in [0, 0.05) is 0 Å². The highest BCUT2D eigenvalue weighted by Gasteiger charge is 2.48. The number of halogens is 2. The number of cyclic esters (lactones) is 1. The minimum Gasteiger partial charge on any atom is -0.444 e. The number of ether oxygens (including phenoxy) is 1. The van der Waals surface area contributed by atoms with Crippen LogP contribution in [0.4, 0.5) is 15.0 Å². The Kier molecular flexibility index (Phi) is 2.69. The Morgan fingerprint density at radius 3 is 2.76 bits per heavy atom. The fourth-order valence-electron chi connectivity index (χ4n) is 1.62. The van der Waals surface area contributed by atoms with Gasteiger partial charge in [0.05, 0.1) is 11.7 Å². The van der Waals surface area contributed by atoms with Crippen molar-refractivity contribution in [1.82, 2.24) is 9.97 Å². The number of nitrogens with zero attached hydrogens (tertiary/aromatic N) is 3. The van der Waals surface area contributed by atoms with Crippen molar-refractivity contribution in [3.8, 4) is 0 Å². The predicted molar refractivity (Wildman–Crippen MR) is 59.5 cm³/mol. The average Bonchev–Trinajstić information content (AvgIpc) is 2.41. The van der Waals surface area contributed by atoms with E-state index in [4.69, 9.17) is 16.3 Å². The molecular weight excluding hydrogens is 249 g/mol. The van der Waals surface area contributed by atoms with Gasteiger partial charge in [-0.1, -0.05) is 0 Å². The first-order valence-corrected chi connectivity index (χ1v) is 5.40. The van der Waals surface area contributed by atoms with Gasteiger partial charge in [-0.3, -0.25) is 0 Å². The van der Waals surface area contributed by atoms with Crippen molar-refractivity contribution >= 4 is 23.5 Å². The largest absolute Gasteiger partial charge is 0.444 e. The van der Waals surface area contributed by atoms with Gasteiger partial charge in [-0.2, -0.15) is 4.98 Å². The lowest BCUT2D eigenvalue weighted by Gasteiger charge is -2.29. The van der Waals surface area contributed by atoms with E-state index in [2.05, 4.69) is 9.97 Å². The lowest BCUT2D eigenvalue weighted by atomic mass is 9.98. The van der Waals surface area contributed by atoms with Gasteiger partial charge in [0.15, 0.2) is 11.6 Å². The summed E-state index contributed by atoms with van der Waals surface area (Å²) in [6.45, 7) is 5.26. The van der Waals surface area contributed by atoms with Crippen LogP contribution in [0.3, 0.4) is 0 Å². The molecule has 1 saturated heterocycles. The van der Waals surface area contributed by atoms with Crippen molar-refractivity contribution in [2.24, 2.45) is 0 Å². The second-order valence-corrected chi connectivity index (χ2v) is 4.66. The van der Waals surface area contributed by atoms with Crippen LogP contribution in [-0.2, 0) is 4.74 Å². The molecule has 1 aliphatic heterocycles. The number of rotatable bonds is 1. The molecule has 0 aliphatic carbocycles. The van der Waals surface area contributed by atoms with Crippen LogP contribution in [0.1, 0.15) is 20.8 Å². The number of aromatic nitrogens is 2. The van der Waals surface area contributed by atoms with Crippen LogP contribution in [0.15, 0.2) is 6.20 Å². The fraction of sp³-hybridized carbons (Fsp3) is 0.500. The summed E-state index contributed by atoms with van der Waals surface area (Å²) in [5.74, 6) is -0.877. The van der Waals surface area contributed by atoms with Crippen LogP contribution >= 0.6 is 11.6 Å². The van der Waals surface area contributed by atoms with E-state index in [0.717, 1.165) is 11.1 Å². The second-order valence-electron chi connectivity index (χ2n) is 4.33. The zero-order chi connectivity index (χ0) is 12.8. The topological polar surface area (TPSA) is 55.3 Å². The normalized spacial score (nSPS) is 22.8. The molecule has 17 heavy (non-hydrogen) atoms. The van der Waals surface area contributed by atoms with Crippen LogP contribution in [0.5, 0.6) is 0 Å². The molecule has 0 spiro atoms. The molecule has 1 aliphatic rings. The second kappa shape index (κ2) is 3.80. The lowest BCUT2D eigenvalue weighted by molar-refractivity contribution is 0.129. The first-order chi connectivity index (χ1) is 7.84. The number of carbonyl (C=O) groups is 1. The van der Waals surface area contributed by atoms with E-state index >= 15 is 0 Å². The number of carbonyl (C=O) groups excluding carboxylic acids is 1. The van der Waals surface area contributed by atoms with Gasteiger partial charge in [0.1, 0.15) is 6.10 Å². The molecule has 7 heteroatoms. The summed E-state index contributed by atoms with van der Waals surface area (Å²) in [4.78, 5) is 20.1. The van der Waals surface area contributed by atoms with Gasteiger partial charge >= 0.3 is 6.09 Å². The Morgan fingerprint density at radius 1 is 1.59 bits per heavy atom. The molecule has 0 radical (unpaired) electrons. The third-order valence-corrected chi connectivity index (χ3v) is 3.12. The molecule has 0 N–H and O–H groups in total. The lowest BCUT2D eigenvalue weighted by Crippen LogP contribution is -2.46. The van der Waals surface area contributed by atoms with Crippen LogP contribution < -0.4 is 4.90 Å². The van der Waals surface area contributed by atoms with E-state index in [1.165, 1.54) is 0 Å². The maximum absolute atomic E-state index is 13.6. The molecule has 2 heterocycles. The van der Waals surface area contributed by atoms with Crippen molar-refractivity contribution in [1.29, 1.82) is 0 Å². The van der Waals surface area contributed by atoms with E-state index in [1.54, 1.807) is 20.8 Å². The molecule has 1 atom stereocenters. The summed E-state index contributed by atoms with van der Waals surface area (Å²) in [6, 6.07) is 0. The van der Waals surface area contributed by atoms with E-state index in [1.807, 2.05) is 0 Å². The molecule has 0 bridgehead atoms. The monoisotopic (exact) mass is 259 g/mol. The summed E-state index contributed by atoms with van der Waals surface area (Å²) < 4.78 is 18.7. The van der Waals surface area contributed by atoms with E-state index in [9.17, 15) is 9.18 Å². The number of anilines is 1. The van der Waals surface area contributed by atoms with Crippen LogP contribution in [0.2, 0.25) is 5.28 Å². The van der Waals surface area contributed by atoms with Crippen molar-refractivity contribution < 1.29 is 13.9 Å². The van der Waals surface area contributed by atoms with E-state index in [-0.39, 0.29) is 17.2 Å². The van der Waals surface area contributed by atoms with E-state index in [0.29, 0.717) is 0 Å². The Bertz CT molecular complexity index is 481. The summed E-state index contributed by atoms with van der Waals surface area (Å²) in [5, 5.41) is -0.121. The van der Waals surface area contributed by atoms with Crippen molar-refractivity contribution in [2.75, 3.05) is 4.90 Å². The van der Waals surface area contributed by atoms with Gasteiger partial charge in [-0.05, 0) is 32.4 Å². The van der Waals surface area contributed by atoms with Gasteiger partial charge < -0.3 is 4.74 Å². The molecule has 5 nitrogen and oxygen atoms in total. The van der Waals surface area contributed by atoms with Gasteiger partial charge in [-0.25, -0.2) is 19.1 Å². The maximum atomic E-state index is 13.6. The average molecular weight is 260 g/mol. The maximum Gasteiger partial charge on any atom is 0.416 e.